The number of carboxylic acids is 1. The van der Waals surface area contributed by atoms with Gasteiger partial charge in [0.1, 0.15) is 30.2 Å². The van der Waals surface area contributed by atoms with Gasteiger partial charge in [-0.05, 0) is 23.5 Å². The maximum absolute atomic E-state index is 13.5. The van der Waals surface area contributed by atoms with Gasteiger partial charge in [0.2, 0.25) is 35.4 Å². The Morgan fingerprint density at radius 1 is 0.583 bits per heavy atom. The van der Waals surface area contributed by atoms with Crippen LogP contribution in [0.3, 0.4) is 0 Å². The van der Waals surface area contributed by atoms with Gasteiger partial charge in [0, 0.05) is 48.7 Å². The Morgan fingerprint density at radius 2 is 0.983 bits per heavy atom. The normalized spacial score (nSPS) is 13.6. The number of carbonyl (C=O) groups excluding carboxylic acids is 6. The molecular weight excluding hydrogens is 813 g/mol. The lowest BCUT2D eigenvalue weighted by Crippen LogP contribution is -2.57. The van der Waals surface area contributed by atoms with Crippen LogP contribution >= 0.6 is 23.5 Å². The Hall–Kier alpha value is -4.65. The highest BCUT2D eigenvalue weighted by atomic mass is 32.2. The summed E-state index contributed by atoms with van der Waals surface area (Å²) in [6, 6.07) is 13.1. The third-order valence-corrected chi connectivity index (χ3v) is 10.9. The van der Waals surface area contributed by atoms with Crippen LogP contribution in [0.25, 0.3) is 0 Å². The van der Waals surface area contributed by atoms with Gasteiger partial charge in [-0.2, -0.15) is 23.5 Å². The molecule has 0 bridgehead atoms. The summed E-state index contributed by atoms with van der Waals surface area (Å²) in [5.74, 6) is -2.66. The Labute approximate surface area is 361 Å². The number of primary amides is 1. The van der Waals surface area contributed by atoms with E-state index >= 15 is 0 Å². The van der Waals surface area contributed by atoms with E-state index in [2.05, 4.69) is 26.6 Å². The van der Waals surface area contributed by atoms with Crippen LogP contribution in [0.1, 0.15) is 58.1 Å². The summed E-state index contributed by atoms with van der Waals surface area (Å²) >= 11 is 2.78. The van der Waals surface area contributed by atoms with Crippen LogP contribution in [0.4, 0.5) is 0 Å². The number of rotatable bonds is 31. The molecule has 16 nitrogen and oxygen atoms in total. The highest BCUT2D eigenvalue weighted by Crippen LogP contribution is 2.11. The van der Waals surface area contributed by atoms with Crippen molar-refractivity contribution in [3.05, 3.63) is 71.8 Å². The summed E-state index contributed by atoms with van der Waals surface area (Å²) in [4.78, 5) is 88.4. The molecule has 0 saturated carbocycles. The van der Waals surface area contributed by atoms with Crippen LogP contribution in [-0.2, 0) is 55.9 Å². The fourth-order valence-electron chi connectivity index (χ4n) is 5.56. The van der Waals surface area contributed by atoms with Crippen molar-refractivity contribution in [2.75, 3.05) is 49.4 Å². The summed E-state index contributed by atoms with van der Waals surface area (Å²) in [6.07, 6.45) is 0.932. The van der Waals surface area contributed by atoms with Crippen molar-refractivity contribution in [3.63, 3.8) is 0 Å². The molecule has 0 saturated heterocycles. The number of aliphatic carboxylic acids is 1. The van der Waals surface area contributed by atoms with E-state index in [9.17, 15) is 38.7 Å². The molecule has 0 aliphatic rings. The van der Waals surface area contributed by atoms with E-state index in [1.54, 1.807) is 38.1 Å². The van der Waals surface area contributed by atoms with E-state index in [1.807, 2.05) is 50.2 Å². The number of thioether (sulfide) groups is 2. The second-order valence-corrected chi connectivity index (χ2v) is 16.6. The first-order valence-corrected chi connectivity index (χ1v) is 22.5. The molecule has 0 aliphatic heterocycles. The van der Waals surface area contributed by atoms with Crippen LogP contribution in [0.5, 0.6) is 0 Å². The minimum atomic E-state index is -1.17. The number of nitrogens with two attached hydrogens (primary N) is 1. The van der Waals surface area contributed by atoms with E-state index in [-0.39, 0.29) is 54.9 Å². The smallest absolute Gasteiger partial charge is 0.326 e. The molecule has 2 rings (SSSR count). The molecule has 18 heteroatoms. The maximum Gasteiger partial charge on any atom is 0.326 e. The fraction of sp³-hybridized carbons (Fsp3) is 0.548. The zero-order chi connectivity index (χ0) is 44.3. The minimum Gasteiger partial charge on any atom is -0.480 e. The molecule has 0 radical (unpaired) electrons. The van der Waals surface area contributed by atoms with Crippen molar-refractivity contribution in [1.82, 2.24) is 26.6 Å². The summed E-state index contributed by atoms with van der Waals surface area (Å²) in [5.41, 5.74) is 7.18. The zero-order valence-corrected chi connectivity index (χ0v) is 36.6. The number of benzene rings is 2. The van der Waals surface area contributed by atoms with Crippen LogP contribution in [-0.4, -0.2) is 126 Å². The molecule has 332 valence electrons. The number of ether oxygens (including phenoxy) is 2. The average molecular weight is 875 g/mol. The second-order valence-electron chi connectivity index (χ2n) is 14.3. The van der Waals surface area contributed by atoms with E-state index in [0.29, 0.717) is 44.4 Å². The molecule has 60 heavy (non-hydrogen) atoms. The summed E-state index contributed by atoms with van der Waals surface area (Å²) < 4.78 is 11.3. The van der Waals surface area contributed by atoms with Crippen molar-refractivity contribution in [2.24, 2.45) is 11.7 Å². The van der Waals surface area contributed by atoms with Gasteiger partial charge < -0.3 is 46.9 Å². The van der Waals surface area contributed by atoms with E-state index in [0.717, 1.165) is 11.1 Å². The highest BCUT2D eigenvalue weighted by molar-refractivity contribution is 7.99. The third kappa shape index (κ3) is 21.6. The predicted octanol–water partition coefficient (Wildman–Crippen LogP) is 1.83. The first-order chi connectivity index (χ1) is 28.7. The van der Waals surface area contributed by atoms with Gasteiger partial charge in [0.25, 0.3) is 0 Å². The Kier molecular flexibility index (Phi) is 25.4. The molecule has 0 aromatic heterocycles. The van der Waals surface area contributed by atoms with Crippen LogP contribution < -0.4 is 32.3 Å². The molecule has 0 unspecified atom stereocenters. The first kappa shape index (κ1) is 51.5. The lowest BCUT2D eigenvalue weighted by molar-refractivity contribution is -0.142. The van der Waals surface area contributed by atoms with Gasteiger partial charge in [-0.15, -0.1) is 0 Å². The van der Waals surface area contributed by atoms with Crippen molar-refractivity contribution < 1.29 is 48.1 Å². The summed E-state index contributed by atoms with van der Waals surface area (Å²) in [6.45, 7) is 8.46. The average Bonchev–Trinajstić information content (AvgIpc) is 3.22. The third-order valence-electron chi connectivity index (χ3n) is 8.81. The topological polar surface area (TPSA) is 244 Å². The molecule has 0 heterocycles. The highest BCUT2D eigenvalue weighted by Gasteiger charge is 2.30. The van der Waals surface area contributed by atoms with E-state index in [4.69, 9.17) is 15.2 Å². The molecule has 2 aromatic carbocycles. The van der Waals surface area contributed by atoms with E-state index < -0.39 is 59.8 Å². The number of hydrogen-bond donors (Lipinski definition) is 7. The molecular formula is C42H62N6O10S2. The lowest BCUT2D eigenvalue weighted by atomic mass is 10.0. The standard InChI is InChI=1S/C42H62N6O10S2/c1-5-36(49)44-34(40(53)47-32(23-28(3)4)39(52)46-31(38(43)51)24-29-13-9-7-10-14-29)26-59-21-19-57-17-18-58-20-22-60-27-35(45-37(50)6-2)41(54)48-33(42(55)56)25-30-15-11-8-12-16-30/h7-16,28,31-35H,5-6,17-27H2,1-4H3,(H2,43,51)(H,44,49)(H,45,50)(H,46,52)(H,47,53)(H,48,54)(H,55,56)/t31-,32-,33-,34-,35-/m0/s1. The van der Waals surface area contributed by atoms with Crippen LogP contribution in [0.2, 0.25) is 0 Å². The van der Waals surface area contributed by atoms with Gasteiger partial charge in [-0.3, -0.25) is 28.8 Å². The Morgan fingerprint density at radius 3 is 1.38 bits per heavy atom. The molecule has 6 amide bonds. The number of carbonyl (C=O) groups is 7. The SMILES string of the molecule is CCC(=O)N[C@@H](CSCCOCCOCCSC[C@H](NC(=O)CC)C(=O)N[C@@H](CC(C)C)C(=O)N[C@@H](Cc1ccccc1)C(N)=O)C(=O)N[C@@H](Cc1ccccc1)C(=O)O. The Bertz CT molecular complexity index is 1640. The molecule has 5 atom stereocenters. The number of carboxylic acid groups (broad SMARTS) is 1. The minimum absolute atomic E-state index is 0.0244. The largest absolute Gasteiger partial charge is 0.480 e. The predicted molar refractivity (Wildman–Crippen MR) is 233 cm³/mol. The quantitative estimate of drug-likeness (QED) is 0.0537. The first-order valence-electron chi connectivity index (χ1n) is 20.1. The second kappa shape index (κ2) is 29.6. The van der Waals surface area contributed by atoms with E-state index in [1.165, 1.54) is 23.5 Å². The molecule has 0 aliphatic carbocycles. The zero-order valence-electron chi connectivity index (χ0n) is 34.9. The maximum atomic E-state index is 13.5. The molecule has 0 fully saturated rings. The fourth-order valence-corrected chi connectivity index (χ4v) is 7.31. The summed E-state index contributed by atoms with van der Waals surface area (Å²) in [7, 11) is 0. The molecule has 0 spiro atoms. The van der Waals surface area contributed by atoms with Gasteiger partial charge in [-0.1, -0.05) is 88.4 Å². The van der Waals surface area contributed by atoms with Crippen LogP contribution in [0.15, 0.2) is 60.7 Å². The van der Waals surface area contributed by atoms with Crippen molar-refractivity contribution in [3.8, 4) is 0 Å². The number of hydrogen-bond acceptors (Lipinski definition) is 11. The lowest BCUT2D eigenvalue weighted by Gasteiger charge is -2.25. The van der Waals surface area contributed by atoms with Gasteiger partial charge in [0.15, 0.2) is 0 Å². The van der Waals surface area contributed by atoms with Gasteiger partial charge in [-0.25, -0.2) is 4.79 Å². The molecule has 2 aromatic rings. The van der Waals surface area contributed by atoms with Gasteiger partial charge in [0.05, 0.1) is 26.4 Å². The van der Waals surface area contributed by atoms with Crippen molar-refractivity contribution >= 4 is 64.9 Å². The van der Waals surface area contributed by atoms with Crippen molar-refractivity contribution in [1.29, 1.82) is 0 Å². The number of nitrogens with one attached hydrogen (secondary N) is 5. The number of amides is 6. The van der Waals surface area contributed by atoms with Crippen molar-refractivity contribution in [2.45, 2.75) is 90.0 Å². The van der Waals surface area contributed by atoms with Crippen LogP contribution in [0, 0.1) is 5.92 Å². The Balaban J connectivity index is 1.77. The monoisotopic (exact) mass is 874 g/mol. The molecule has 8 N–H and O–H groups in total. The van der Waals surface area contributed by atoms with Gasteiger partial charge >= 0.3 is 5.97 Å². The summed E-state index contributed by atoms with van der Waals surface area (Å²) in [5, 5.41) is 23.1.